The number of amides is 1. The van der Waals surface area contributed by atoms with Crippen molar-refractivity contribution in [1.82, 2.24) is 15.2 Å². The van der Waals surface area contributed by atoms with E-state index in [1.165, 1.54) is 24.3 Å². The first kappa shape index (κ1) is 23.0. The highest BCUT2D eigenvalue weighted by atomic mass is 35.5. The molecule has 5 nitrogen and oxygen atoms in total. The number of nitrogens with zero attached hydrogens (tertiary/aromatic N) is 2. The fraction of sp³-hybridized carbons (Fsp3) is 0.409. The van der Waals surface area contributed by atoms with Crippen LogP contribution >= 0.6 is 12.4 Å². The molecule has 1 aliphatic heterocycles. The first-order chi connectivity index (χ1) is 13.6. The standard InChI is InChI=1S/C22H26FN3O2.ClH/c23-18-8-6-17(7-9-18)21(27)10-11-22(28)26(16-19-4-1-2-14-25-19)20-5-3-13-24-15-12-20;/h1-2,4,6-9,14,20,24H,3,5,10-13,15-16H2;1H. The second-order valence-electron chi connectivity index (χ2n) is 7.11. The van der Waals surface area contributed by atoms with Crippen LogP contribution in [0.2, 0.25) is 0 Å². The molecule has 0 bridgehead atoms. The summed E-state index contributed by atoms with van der Waals surface area (Å²) < 4.78 is 13.0. The zero-order valence-electron chi connectivity index (χ0n) is 16.4. The van der Waals surface area contributed by atoms with Crippen LogP contribution in [0.3, 0.4) is 0 Å². The summed E-state index contributed by atoms with van der Waals surface area (Å²) >= 11 is 0. The van der Waals surface area contributed by atoms with Gasteiger partial charge in [-0.15, -0.1) is 12.4 Å². The molecule has 2 heterocycles. The van der Waals surface area contributed by atoms with Gasteiger partial charge in [-0.2, -0.15) is 0 Å². The Morgan fingerprint density at radius 2 is 1.86 bits per heavy atom. The number of carbonyl (C=O) groups excluding carboxylic acids is 2. The third-order valence-corrected chi connectivity index (χ3v) is 5.10. The van der Waals surface area contributed by atoms with Crippen LogP contribution in [-0.4, -0.2) is 40.7 Å². The lowest BCUT2D eigenvalue weighted by Gasteiger charge is -2.31. The first-order valence-electron chi connectivity index (χ1n) is 9.82. The normalized spacial score (nSPS) is 16.4. The quantitative estimate of drug-likeness (QED) is 0.694. The number of nitrogens with one attached hydrogen (secondary N) is 1. The minimum absolute atomic E-state index is 0. The average molecular weight is 420 g/mol. The first-order valence-corrected chi connectivity index (χ1v) is 9.82. The number of hydrogen-bond acceptors (Lipinski definition) is 4. The van der Waals surface area contributed by atoms with Crippen molar-refractivity contribution >= 4 is 24.1 Å². The molecule has 1 amide bonds. The zero-order valence-corrected chi connectivity index (χ0v) is 17.2. The molecule has 29 heavy (non-hydrogen) atoms. The molecule has 0 spiro atoms. The Bertz CT molecular complexity index is 778. The number of Topliss-reactive ketones (excluding diaryl/α,β-unsaturated/α-hetero) is 1. The van der Waals surface area contributed by atoms with Crippen molar-refractivity contribution in [2.45, 2.75) is 44.7 Å². The minimum atomic E-state index is -0.379. The predicted octanol–water partition coefficient (Wildman–Crippen LogP) is 3.78. The molecule has 1 aromatic heterocycles. The number of ketones is 1. The third-order valence-electron chi connectivity index (χ3n) is 5.10. The van der Waals surface area contributed by atoms with E-state index in [0.717, 1.165) is 38.0 Å². The van der Waals surface area contributed by atoms with Gasteiger partial charge in [0.05, 0.1) is 12.2 Å². The van der Waals surface area contributed by atoms with Crippen LogP contribution in [0.15, 0.2) is 48.7 Å². The molecule has 2 aromatic rings. The molecule has 1 atom stereocenters. The third kappa shape index (κ3) is 6.91. The Balaban J connectivity index is 0.00000300. The minimum Gasteiger partial charge on any atom is -0.334 e. The lowest BCUT2D eigenvalue weighted by molar-refractivity contribution is -0.134. The number of benzene rings is 1. The van der Waals surface area contributed by atoms with E-state index in [4.69, 9.17) is 0 Å². The summed E-state index contributed by atoms with van der Waals surface area (Å²) in [4.78, 5) is 31.6. The van der Waals surface area contributed by atoms with E-state index in [2.05, 4.69) is 10.3 Å². The van der Waals surface area contributed by atoms with Gasteiger partial charge in [0, 0.05) is 30.6 Å². The highest BCUT2D eigenvalue weighted by Crippen LogP contribution is 2.19. The monoisotopic (exact) mass is 419 g/mol. The molecule has 0 saturated carbocycles. The maximum atomic E-state index is 13.0. The van der Waals surface area contributed by atoms with Gasteiger partial charge in [0.15, 0.2) is 5.78 Å². The van der Waals surface area contributed by atoms with Crippen molar-refractivity contribution < 1.29 is 14.0 Å². The Kier molecular flexibility index (Phi) is 9.22. The molecular weight excluding hydrogens is 393 g/mol. The highest BCUT2D eigenvalue weighted by molar-refractivity contribution is 5.97. The van der Waals surface area contributed by atoms with Crippen LogP contribution in [0, 0.1) is 5.82 Å². The van der Waals surface area contributed by atoms with Crippen molar-refractivity contribution in [3.63, 3.8) is 0 Å². The average Bonchev–Trinajstić information content (AvgIpc) is 3.00. The SMILES string of the molecule is Cl.O=C(CCC(=O)N(Cc1ccccn1)C1CCCNCC1)c1ccc(F)cc1. The molecule has 1 aromatic carbocycles. The van der Waals surface area contributed by atoms with Gasteiger partial charge in [-0.3, -0.25) is 14.6 Å². The topological polar surface area (TPSA) is 62.3 Å². The molecule has 0 aliphatic carbocycles. The van der Waals surface area contributed by atoms with Gasteiger partial charge in [-0.1, -0.05) is 6.07 Å². The Hall–Kier alpha value is -2.31. The Labute approximate surface area is 177 Å². The van der Waals surface area contributed by atoms with Gasteiger partial charge in [0.1, 0.15) is 5.82 Å². The van der Waals surface area contributed by atoms with E-state index in [1.54, 1.807) is 6.20 Å². The number of carbonyl (C=O) groups is 2. The Morgan fingerprint density at radius 1 is 1.07 bits per heavy atom. The fourth-order valence-electron chi connectivity index (χ4n) is 3.54. The number of pyridine rings is 1. The molecule has 1 saturated heterocycles. The van der Waals surface area contributed by atoms with Crippen LogP contribution in [-0.2, 0) is 11.3 Å². The van der Waals surface area contributed by atoms with Gasteiger partial charge in [-0.25, -0.2) is 4.39 Å². The number of halogens is 2. The molecule has 1 N–H and O–H groups in total. The van der Waals surface area contributed by atoms with Gasteiger partial charge in [0.25, 0.3) is 0 Å². The predicted molar refractivity (Wildman–Crippen MR) is 113 cm³/mol. The second-order valence-corrected chi connectivity index (χ2v) is 7.11. The number of rotatable bonds is 7. The highest BCUT2D eigenvalue weighted by Gasteiger charge is 2.25. The van der Waals surface area contributed by atoms with Crippen LogP contribution in [0.25, 0.3) is 0 Å². The summed E-state index contributed by atoms with van der Waals surface area (Å²) in [7, 11) is 0. The van der Waals surface area contributed by atoms with Gasteiger partial charge in [0.2, 0.25) is 5.91 Å². The maximum Gasteiger partial charge on any atom is 0.223 e. The van der Waals surface area contributed by atoms with Gasteiger partial charge < -0.3 is 10.2 Å². The number of aromatic nitrogens is 1. The van der Waals surface area contributed by atoms with Crippen molar-refractivity contribution in [2.24, 2.45) is 0 Å². The smallest absolute Gasteiger partial charge is 0.223 e. The fourth-order valence-corrected chi connectivity index (χ4v) is 3.54. The van der Waals surface area contributed by atoms with Crippen molar-refractivity contribution in [3.8, 4) is 0 Å². The van der Waals surface area contributed by atoms with Gasteiger partial charge >= 0.3 is 0 Å². The lowest BCUT2D eigenvalue weighted by Crippen LogP contribution is -2.40. The molecule has 7 heteroatoms. The summed E-state index contributed by atoms with van der Waals surface area (Å²) in [5.74, 6) is -0.558. The van der Waals surface area contributed by atoms with E-state index in [9.17, 15) is 14.0 Å². The van der Waals surface area contributed by atoms with E-state index >= 15 is 0 Å². The molecule has 3 rings (SSSR count). The van der Waals surface area contributed by atoms with Crippen LogP contribution in [0.5, 0.6) is 0 Å². The molecule has 1 fully saturated rings. The molecular formula is C22H27ClFN3O2. The van der Waals surface area contributed by atoms with E-state index in [-0.39, 0.29) is 48.8 Å². The number of hydrogen-bond donors (Lipinski definition) is 1. The summed E-state index contributed by atoms with van der Waals surface area (Å²) in [5.41, 5.74) is 1.28. The van der Waals surface area contributed by atoms with Crippen LogP contribution in [0.1, 0.15) is 48.2 Å². The van der Waals surface area contributed by atoms with Crippen molar-refractivity contribution in [3.05, 3.63) is 65.7 Å². The summed E-state index contributed by atoms with van der Waals surface area (Å²) in [5, 5.41) is 3.37. The summed E-state index contributed by atoms with van der Waals surface area (Å²) in [6.07, 6.45) is 4.85. The van der Waals surface area contributed by atoms with Crippen LogP contribution < -0.4 is 5.32 Å². The Morgan fingerprint density at radius 3 is 2.59 bits per heavy atom. The molecule has 1 aliphatic rings. The van der Waals surface area contributed by atoms with Crippen molar-refractivity contribution in [1.29, 1.82) is 0 Å². The second kappa shape index (κ2) is 11.6. The maximum absolute atomic E-state index is 13.0. The van der Waals surface area contributed by atoms with E-state index in [1.807, 2.05) is 23.1 Å². The van der Waals surface area contributed by atoms with Crippen molar-refractivity contribution in [2.75, 3.05) is 13.1 Å². The lowest BCUT2D eigenvalue weighted by atomic mass is 10.0. The zero-order chi connectivity index (χ0) is 19.8. The largest absolute Gasteiger partial charge is 0.334 e. The van der Waals surface area contributed by atoms with E-state index < -0.39 is 0 Å². The molecule has 156 valence electrons. The molecule has 0 radical (unpaired) electrons. The molecule has 1 unspecified atom stereocenters. The summed E-state index contributed by atoms with van der Waals surface area (Å²) in [6.45, 7) is 2.30. The van der Waals surface area contributed by atoms with Gasteiger partial charge in [-0.05, 0) is 68.8 Å². The summed E-state index contributed by atoms with van der Waals surface area (Å²) in [6, 6.07) is 11.3. The van der Waals surface area contributed by atoms with Crippen LogP contribution in [0.4, 0.5) is 4.39 Å². The van der Waals surface area contributed by atoms with E-state index in [0.29, 0.717) is 12.1 Å².